The molecule has 9 rings (SSSR count). The van der Waals surface area contributed by atoms with E-state index in [1.54, 1.807) is 6.08 Å². The summed E-state index contributed by atoms with van der Waals surface area (Å²) in [7, 11) is 0. The van der Waals surface area contributed by atoms with E-state index >= 15 is 0 Å². The van der Waals surface area contributed by atoms with Crippen LogP contribution in [0.15, 0.2) is 157 Å². The Morgan fingerprint density at radius 2 is 1.38 bits per heavy atom. The van der Waals surface area contributed by atoms with Gasteiger partial charge in [-0.15, -0.1) is 0 Å². The number of aromatic nitrogens is 4. The Kier molecular flexibility index (Phi) is 7.94. The van der Waals surface area contributed by atoms with Crippen molar-refractivity contribution in [1.82, 2.24) is 19.9 Å². The van der Waals surface area contributed by atoms with Crippen molar-refractivity contribution < 1.29 is 4.42 Å². The summed E-state index contributed by atoms with van der Waals surface area (Å²) in [6, 6.07) is 39.9. The molecule has 0 bridgehead atoms. The van der Waals surface area contributed by atoms with Crippen molar-refractivity contribution in [3.63, 3.8) is 0 Å². The number of rotatable bonds is 7. The maximum absolute atomic E-state index is 6.34. The van der Waals surface area contributed by atoms with Crippen LogP contribution in [-0.2, 0) is 6.42 Å². The van der Waals surface area contributed by atoms with Crippen molar-refractivity contribution in [2.24, 2.45) is 0 Å². The second kappa shape index (κ2) is 13.2. The average Bonchev–Trinajstić information content (AvgIpc) is 3.65. The highest BCUT2D eigenvalue weighted by Gasteiger charge is 2.17. The van der Waals surface area contributed by atoms with Crippen molar-refractivity contribution in [3.05, 3.63) is 169 Å². The van der Waals surface area contributed by atoms with Crippen LogP contribution < -0.4 is 0 Å². The molecule has 6 aromatic carbocycles. The second-order valence-electron chi connectivity index (χ2n) is 12.9. The molecule has 1 aliphatic rings. The van der Waals surface area contributed by atoms with Gasteiger partial charge in [-0.3, -0.25) is 0 Å². The van der Waals surface area contributed by atoms with E-state index < -0.39 is 0 Å². The van der Waals surface area contributed by atoms with Crippen LogP contribution in [0.25, 0.3) is 89.7 Å². The Labute approximate surface area is 302 Å². The number of nitrogens with zero attached hydrogens (tertiary/aromatic N) is 4. The van der Waals surface area contributed by atoms with Crippen LogP contribution in [0.2, 0.25) is 0 Å². The number of hydrogen-bond donors (Lipinski definition) is 0. The molecular weight excluding hydrogens is 637 g/mol. The smallest absolute Gasteiger partial charge is 0.227 e. The van der Waals surface area contributed by atoms with Gasteiger partial charge in [-0.25, -0.2) is 19.9 Å². The quantitative estimate of drug-likeness (QED) is 0.125. The Morgan fingerprint density at radius 3 is 2.23 bits per heavy atom. The molecule has 0 N–H and O–H groups in total. The molecule has 0 fully saturated rings. The van der Waals surface area contributed by atoms with E-state index in [1.807, 2.05) is 73.7 Å². The van der Waals surface area contributed by atoms with Gasteiger partial charge in [-0.2, -0.15) is 0 Å². The molecular formula is C47H34N4O. The third-order valence-corrected chi connectivity index (χ3v) is 9.73. The zero-order valence-electron chi connectivity index (χ0n) is 28.8. The standard InChI is InChI=1S/C47H34N4O/c1-3-5-14-30(4-2)44-49-45(31-15-7-6-8-16-31)51-46(50-44)34-24-26-43-42(29-34)48-47(52-43)35-18-13-17-32(27-35)33-23-25-40-38-21-10-9-19-36(38)37-20-11-12-22-39(37)41(40)28-33/h3-11,13-21,23-29H,2,12,22H2,1H3/b5-3-,30-14+. The fourth-order valence-electron chi connectivity index (χ4n) is 7.16. The van der Waals surface area contributed by atoms with Gasteiger partial charge in [0.1, 0.15) is 5.52 Å². The molecule has 0 aliphatic heterocycles. The van der Waals surface area contributed by atoms with Crippen molar-refractivity contribution in [1.29, 1.82) is 0 Å². The molecule has 0 spiro atoms. The molecule has 0 amide bonds. The second-order valence-corrected chi connectivity index (χ2v) is 12.9. The first-order chi connectivity index (χ1) is 25.7. The summed E-state index contributed by atoms with van der Waals surface area (Å²) in [5.41, 5.74) is 9.93. The van der Waals surface area contributed by atoms with Crippen LogP contribution >= 0.6 is 0 Å². The third kappa shape index (κ3) is 5.62. The Morgan fingerprint density at radius 1 is 0.654 bits per heavy atom. The lowest BCUT2D eigenvalue weighted by Crippen LogP contribution is -2.02. The molecule has 0 atom stereocenters. The Balaban J connectivity index is 1.10. The average molecular weight is 671 g/mol. The summed E-state index contributed by atoms with van der Waals surface area (Å²) >= 11 is 0. The first-order valence-electron chi connectivity index (χ1n) is 17.6. The van der Waals surface area contributed by atoms with E-state index in [1.165, 1.54) is 38.2 Å². The number of benzene rings is 6. The lowest BCUT2D eigenvalue weighted by Gasteiger charge is -2.18. The van der Waals surface area contributed by atoms with E-state index in [4.69, 9.17) is 24.4 Å². The van der Waals surface area contributed by atoms with Gasteiger partial charge in [0.15, 0.2) is 23.1 Å². The normalized spacial score (nSPS) is 13.0. The summed E-state index contributed by atoms with van der Waals surface area (Å²) in [4.78, 5) is 19.5. The molecule has 5 nitrogen and oxygen atoms in total. The Bertz CT molecular complexity index is 2770. The molecule has 2 heterocycles. The lowest BCUT2D eigenvalue weighted by molar-refractivity contribution is 0.620. The Hall–Kier alpha value is -6.72. The van der Waals surface area contributed by atoms with Gasteiger partial charge in [0.25, 0.3) is 0 Å². The van der Waals surface area contributed by atoms with Gasteiger partial charge in [0.05, 0.1) is 0 Å². The summed E-state index contributed by atoms with van der Waals surface area (Å²) in [5.74, 6) is 2.25. The highest BCUT2D eigenvalue weighted by atomic mass is 16.3. The van der Waals surface area contributed by atoms with Crippen molar-refractivity contribution >= 4 is 44.3 Å². The molecule has 5 heteroatoms. The van der Waals surface area contributed by atoms with Crippen molar-refractivity contribution in [3.8, 4) is 45.4 Å². The fourth-order valence-corrected chi connectivity index (χ4v) is 7.16. The van der Waals surface area contributed by atoms with Crippen LogP contribution in [0.4, 0.5) is 0 Å². The summed E-state index contributed by atoms with van der Waals surface area (Å²) in [6.07, 6.45) is 14.3. The number of allylic oxidation sites excluding steroid dienone is 6. The molecule has 2 aromatic heterocycles. The first kappa shape index (κ1) is 31.3. The van der Waals surface area contributed by atoms with E-state index in [-0.39, 0.29) is 0 Å². The van der Waals surface area contributed by atoms with Crippen LogP contribution in [0.1, 0.15) is 30.3 Å². The molecule has 52 heavy (non-hydrogen) atoms. The van der Waals surface area contributed by atoms with Gasteiger partial charge < -0.3 is 4.42 Å². The fraction of sp³-hybridized carbons (Fsp3) is 0.0638. The SMILES string of the molecule is C=C/C(=C\C=C/C)c1nc(-c2ccccc2)nc(-c2ccc3oc(-c4cccc(-c5ccc6c(c5)c5c(c7ccccc76)C=CCC5)c4)nc3c2)n1. The zero-order chi connectivity index (χ0) is 35.0. The van der Waals surface area contributed by atoms with Crippen LogP contribution in [0, 0.1) is 0 Å². The van der Waals surface area contributed by atoms with Gasteiger partial charge >= 0.3 is 0 Å². The van der Waals surface area contributed by atoms with Gasteiger partial charge in [0, 0.05) is 22.3 Å². The molecule has 248 valence electrons. The van der Waals surface area contributed by atoms with Gasteiger partial charge in [0.2, 0.25) is 5.89 Å². The number of oxazole rings is 1. The van der Waals surface area contributed by atoms with Crippen molar-refractivity contribution in [2.45, 2.75) is 19.8 Å². The first-order valence-corrected chi connectivity index (χ1v) is 17.6. The highest BCUT2D eigenvalue weighted by molar-refractivity contribution is 6.13. The van der Waals surface area contributed by atoms with Crippen LogP contribution in [0.3, 0.4) is 0 Å². The summed E-state index contributed by atoms with van der Waals surface area (Å²) < 4.78 is 6.34. The maximum atomic E-state index is 6.34. The largest absolute Gasteiger partial charge is 0.436 e. The van der Waals surface area contributed by atoms with Crippen LogP contribution in [-0.4, -0.2) is 19.9 Å². The van der Waals surface area contributed by atoms with E-state index in [0.717, 1.165) is 46.2 Å². The molecule has 0 radical (unpaired) electrons. The summed E-state index contributed by atoms with van der Waals surface area (Å²) in [6.45, 7) is 5.98. The minimum atomic E-state index is 0.548. The molecule has 1 aliphatic carbocycles. The number of fused-ring (bicyclic) bond motifs is 7. The highest BCUT2D eigenvalue weighted by Crippen LogP contribution is 2.39. The number of aryl methyl sites for hydroxylation is 1. The van der Waals surface area contributed by atoms with E-state index in [0.29, 0.717) is 28.9 Å². The predicted octanol–water partition coefficient (Wildman–Crippen LogP) is 12.1. The van der Waals surface area contributed by atoms with E-state index in [2.05, 4.69) is 85.5 Å². The predicted molar refractivity (Wildman–Crippen MR) is 214 cm³/mol. The minimum absolute atomic E-state index is 0.548. The zero-order valence-corrected chi connectivity index (χ0v) is 28.8. The minimum Gasteiger partial charge on any atom is -0.436 e. The summed E-state index contributed by atoms with van der Waals surface area (Å²) in [5, 5.41) is 5.25. The van der Waals surface area contributed by atoms with Gasteiger partial charge in [-0.05, 0) is 100.0 Å². The topological polar surface area (TPSA) is 64.7 Å². The molecule has 0 saturated heterocycles. The maximum Gasteiger partial charge on any atom is 0.227 e. The number of hydrogen-bond acceptors (Lipinski definition) is 5. The van der Waals surface area contributed by atoms with Crippen molar-refractivity contribution in [2.75, 3.05) is 0 Å². The van der Waals surface area contributed by atoms with Gasteiger partial charge in [-0.1, -0.05) is 122 Å². The molecule has 0 saturated carbocycles. The monoisotopic (exact) mass is 670 g/mol. The molecule has 0 unspecified atom stereocenters. The third-order valence-electron chi connectivity index (χ3n) is 9.73. The van der Waals surface area contributed by atoms with E-state index in [9.17, 15) is 0 Å². The lowest BCUT2D eigenvalue weighted by atomic mass is 9.85. The van der Waals surface area contributed by atoms with Crippen LogP contribution in [0.5, 0.6) is 0 Å². The molecule has 8 aromatic rings.